The Balaban J connectivity index is 1.59. The Labute approximate surface area is 160 Å². The molecule has 26 heavy (non-hydrogen) atoms. The number of hydrogen-bond acceptors (Lipinski definition) is 2. The zero-order chi connectivity index (χ0) is 18.4. The third kappa shape index (κ3) is 4.75. The molecule has 0 bridgehead atoms. The van der Waals surface area contributed by atoms with Gasteiger partial charge >= 0.3 is 0 Å². The number of piperidine rings is 1. The highest BCUT2D eigenvalue weighted by Crippen LogP contribution is 2.26. The molecular weight excluding hydrogens is 344 g/mol. The second kappa shape index (κ2) is 9.02. The van der Waals surface area contributed by atoms with E-state index in [1.54, 1.807) is 0 Å². The van der Waals surface area contributed by atoms with Crippen LogP contribution in [0, 0.1) is 0 Å². The Bertz CT molecular complexity index is 722. The van der Waals surface area contributed by atoms with Crippen molar-refractivity contribution in [2.24, 2.45) is 0 Å². The summed E-state index contributed by atoms with van der Waals surface area (Å²) in [5.41, 5.74) is 2.27. The standard InChI is InChI=1S/C22H25ClN2O/c1-2-22(26)25(20-10-8-19(23)9-11-20)21-13-16-24(17-14-21)15-12-18-6-4-3-5-7-18/h2-11,21H,1,12-17H2. The topological polar surface area (TPSA) is 23.6 Å². The monoisotopic (exact) mass is 368 g/mol. The maximum absolute atomic E-state index is 12.5. The molecule has 3 nitrogen and oxygen atoms in total. The van der Waals surface area contributed by atoms with E-state index in [1.807, 2.05) is 29.2 Å². The summed E-state index contributed by atoms with van der Waals surface area (Å²) in [6, 6.07) is 18.3. The van der Waals surface area contributed by atoms with Crippen LogP contribution in [-0.2, 0) is 11.2 Å². The number of halogens is 1. The predicted molar refractivity (Wildman–Crippen MR) is 109 cm³/mol. The van der Waals surface area contributed by atoms with Gasteiger partial charge < -0.3 is 9.80 Å². The lowest BCUT2D eigenvalue weighted by Crippen LogP contribution is -2.47. The summed E-state index contributed by atoms with van der Waals surface area (Å²) < 4.78 is 0. The van der Waals surface area contributed by atoms with Crippen molar-refractivity contribution >= 4 is 23.2 Å². The molecule has 2 aromatic carbocycles. The number of likely N-dealkylation sites (tertiary alicyclic amines) is 1. The summed E-state index contributed by atoms with van der Waals surface area (Å²) >= 11 is 5.99. The molecule has 2 aromatic rings. The highest BCUT2D eigenvalue weighted by Gasteiger charge is 2.27. The molecular formula is C22H25ClN2O. The van der Waals surface area contributed by atoms with Gasteiger partial charge in [-0.05, 0) is 55.2 Å². The van der Waals surface area contributed by atoms with Crippen molar-refractivity contribution < 1.29 is 4.79 Å². The van der Waals surface area contributed by atoms with Crippen LogP contribution in [0.25, 0.3) is 0 Å². The van der Waals surface area contributed by atoms with E-state index in [2.05, 4.69) is 41.8 Å². The van der Waals surface area contributed by atoms with Crippen molar-refractivity contribution in [1.82, 2.24) is 4.90 Å². The largest absolute Gasteiger partial charge is 0.306 e. The van der Waals surface area contributed by atoms with Gasteiger partial charge in [0, 0.05) is 36.4 Å². The van der Waals surface area contributed by atoms with Gasteiger partial charge in [0.1, 0.15) is 0 Å². The fourth-order valence-electron chi connectivity index (χ4n) is 3.55. The Kier molecular flexibility index (Phi) is 6.48. The Morgan fingerprint density at radius 3 is 2.38 bits per heavy atom. The van der Waals surface area contributed by atoms with Crippen LogP contribution < -0.4 is 4.90 Å². The number of carbonyl (C=O) groups excluding carboxylic acids is 1. The molecule has 0 saturated carbocycles. The van der Waals surface area contributed by atoms with Crippen molar-refractivity contribution in [1.29, 1.82) is 0 Å². The SMILES string of the molecule is C=CC(=O)N(c1ccc(Cl)cc1)C1CCN(CCc2ccccc2)CC1. The van der Waals surface area contributed by atoms with Gasteiger partial charge in [-0.1, -0.05) is 48.5 Å². The lowest BCUT2D eigenvalue weighted by Gasteiger charge is -2.38. The molecule has 1 aliphatic rings. The minimum atomic E-state index is -0.0462. The maximum atomic E-state index is 12.5. The van der Waals surface area contributed by atoms with Gasteiger partial charge in [-0.3, -0.25) is 4.79 Å². The molecule has 0 aliphatic carbocycles. The summed E-state index contributed by atoms with van der Waals surface area (Å²) in [6.45, 7) is 6.74. The second-order valence-electron chi connectivity index (χ2n) is 6.70. The zero-order valence-corrected chi connectivity index (χ0v) is 15.7. The van der Waals surface area contributed by atoms with Crippen molar-refractivity contribution in [3.05, 3.63) is 77.8 Å². The minimum Gasteiger partial charge on any atom is -0.306 e. The number of nitrogens with zero attached hydrogens (tertiary/aromatic N) is 2. The van der Waals surface area contributed by atoms with Crippen LogP contribution in [0.2, 0.25) is 5.02 Å². The van der Waals surface area contributed by atoms with Crippen LogP contribution >= 0.6 is 11.6 Å². The van der Waals surface area contributed by atoms with E-state index in [0.29, 0.717) is 5.02 Å². The van der Waals surface area contributed by atoms with Gasteiger partial charge in [-0.25, -0.2) is 0 Å². The highest BCUT2D eigenvalue weighted by molar-refractivity contribution is 6.30. The fraction of sp³-hybridized carbons (Fsp3) is 0.318. The van der Waals surface area contributed by atoms with Gasteiger partial charge in [0.05, 0.1) is 0 Å². The van der Waals surface area contributed by atoms with Crippen LogP contribution in [0.4, 0.5) is 5.69 Å². The predicted octanol–water partition coefficient (Wildman–Crippen LogP) is 4.57. The molecule has 0 radical (unpaired) electrons. The van der Waals surface area contributed by atoms with E-state index < -0.39 is 0 Å². The molecule has 1 amide bonds. The Morgan fingerprint density at radius 2 is 1.77 bits per heavy atom. The first kappa shape index (κ1) is 18.7. The molecule has 1 heterocycles. The van der Waals surface area contributed by atoms with E-state index in [1.165, 1.54) is 11.6 Å². The number of hydrogen-bond donors (Lipinski definition) is 0. The van der Waals surface area contributed by atoms with Crippen LogP contribution in [0.1, 0.15) is 18.4 Å². The molecule has 1 fully saturated rings. The van der Waals surface area contributed by atoms with E-state index in [-0.39, 0.29) is 11.9 Å². The third-order valence-corrected chi connectivity index (χ3v) is 5.25. The third-order valence-electron chi connectivity index (χ3n) is 5.00. The van der Waals surface area contributed by atoms with Crippen molar-refractivity contribution in [3.63, 3.8) is 0 Å². The smallest absolute Gasteiger partial charge is 0.250 e. The van der Waals surface area contributed by atoms with Gasteiger partial charge in [-0.15, -0.1) is 0 Å². The number of carbonyl (C=O) groups is 1. The molecule has 0 atom stereocenters. The molecule has 0 aromatic heterocycles. The van der Waals surface area contributed by atoms with Crippen molar-refractivity contribution in [2.45, 2.75) is 25.3 Å². The van der Waals surface area contributed by atoms with Gasteiger partial charge in [0.15, 0.2) is 0 Å². The minimum absolute atomic E-state index is 0.0462. The molecule has 3 rings (SSSR count). The van der Waals surface area contributed by atoms with Gasteiger partial charge in [-0.2, -0.15) is 0 Å². The van der Waals surface area contributed by atoms with Crippen LogP contribution in [0.3, 0.4) is 0 Å². The number of amides is 1. The molecule has 1 saturated heterocycles. The van der Waals surface area contributed by atoms with Gasteiger partial charge in [0.2, 0.25) is 0 Å². The summed E-state index contributed by atoms with van der Waals surface area (Å²) in [5, 5.41) is 0.676. The average Bonchev–Trinajstić information content (AvgIpc) is 2.69. The first-order valence-corrected chi connectivity index (χ1v) is 9.52. The van der Waals surface area contributed by atoms with E-state index in [0.717, 1.165) is 44.6 Å². The summed E-state index contributed by atoms with van der Waals surface area (Å²) in [7, 11) is 0. The van der Waals surface area contributed by atoms with Crippen LogP contribution in [0.15, 0.2) is 67.3 Å². The lowest BCUT2D eigenvalue weighted by atomic mass is 10.0. The maximum Gasteiger partial charge on any atom is 0.250 e. The van der Waals surface area contributed by atoms with Crippen LogP contribution in [0.5, 0.6) is 0 Å². The van der Waals surface area contributed by atoms with E-state index >= 15 is 0 Å². The number of benzene rings is 2. The quantitative estimate of drug-likeness (QED) is 0.697. The molecule has 0 N–H and O–H groups in total. The normalized spacial score (nSPS) is 15.6. The summed E-state index contributed by atoms with van der Waals surface area (Å²) in [5.74, 6) is -0.0462. The lowest BCUT2D eigenvalue weighted by molar-refractivity contribution is -0.114. The first-order valence-electron chi connectivity index (χ1n) is 9.15. The second-order valence-corrected chi connectivity index (χ2v) is 7.13. The molecule has 136 valence electrons. The van der Waals surface area contributed by atoms with Crippen molar-refractivity contribution in [3.8, 4) is 0 Å². The fourth-order valence-corrected chi connectivity index (χ4v) is 3.68. The van der Waals surface area contributed by atoms with Gasteiger partial charge in [0.25, 0.3) is 5.91 Å². The Hall–Kier alpha value is -2.10. The zero-order valence-electron chi connectivity index (χ0n) is 15.0. The molecule has 4 heteroatoms. The van der Waals surface area contributed by atoms with Crippen molar-refractivity contribution in [2.75, 3.05) is 24.5 Å². The number of rotatable bonds is 6. The van der Waals surface area contributed by atoms with E-state index in [4.69, 9.17) is 11.6 Å². The first-order chi connectivity index (χ1) is 12.7. The number of anilines is 1. The Morgan fingerprint density at radius 1 is 1.12 bits per heavy atom. The summed E-state index contributed by atoms with van der Waals surface area (Å²) in [6.07, 6.45) is 4.41. The van der Waals surface area contributed by atoms with Crippen LogP contribution in [-0.4, -0.2) is 36.5 Å². The van der Waals surface area contributed by atoms with E-state index in [9.17, 15) is 4.79 Å². The molecule has 0 unspecified atom stereocenters. The molecule has 0 spiro atoms. The highest BCUT2D eigenvalue weighted by atomic mass is 35.5. The summed E-state index contributed by atoms with van der Waals surface area (Å²) in [4.78, 5) is 16.8. The average molecular weight is 369 g/mol. The molecule has 1 aliphatic heterocycles.